The van der Waals surface area contributed by atoms with Gasteiger partial charge in [0.25, 0.3) is 0 Å². The molecule has 1 aromatic heterocycles. The molecule has 0 radical (unpaired) electrons. The Hall–Kier alpha value is -1.63. The Morgan fingerprint density at radius 3 is 2.45 bits per heavy atom. The number of hydrogen-bond acceptors (Lipinski definition) is 7. The Bertz CT molecular complexity index is 452. The van der Waals surface area contributed by atoms with E-state index in [1.165, 1.54) is 0 Å². The summed E-state index contributed by atoms with van der Waals surface area (Å²) in [5.41, 5.74) is -0.571. The Morgan fingerprint density at radius 1 is 1.25 bits per heavy atom. The van der Waals surface area contributed by atoms with E-state index in [9.17, 15) is 5.11 Å². The van der Waals surface area contributed by atoms with Gasteiger partial charge in [-0.1, -0.05) is 0 Å². The monoisotopic (exact) mass is 280 g/mol. The summed E-state index contributed by atoms with van der Waals surface area (Å²) in [5.74, 6) is 1.91. The second-order valence-corrected chi connectivity index (χ2v) is 5.67. The molecule has 2 heterocycles. The van der Waals surface area contributed by atoms with Gasteiger partial charge < -0.3 is 20.2 Å². The average molecular weight is 280 g/mol. The van der Waals surface area contributed by atoms with Gasteiger partial charge in [0.15, 0.2) is 0 Å². The highest BCUT2D eigenvalue weighted by Gasteiger charge is 2.29. The van der Waals surface area contributed by atoms with Gasteiger partial charge in [-0.05, 0) is 26.7 Å². The maximum atomic E-state index is 10.0. The van der Waals surface area contributed by atoms with Crippen LogP contribution < -0.4 is 15.1 Å². The summed E-state index contributed by atoms with van der Waals surface area (Å²) in [6.07, 6.45) is 1.46. The van der Waals surface area contributed by atoms with Gasteiger partial charge in [-0.2, -0.15) is 15.0 Å². The van der Waals surface area contributed by atoms with Crippen molar-refractivity contribution in [2.24, 2.45) is 0 Å². The van der Waals surface area contributed by atoms with E-state index >= 15 is 0 Å². The molecule has 1 fully saturated rings. The molecule has 1 aromatic rings. The predicted molar refractivity (Wildman–Crippen MR) is 80.4 cm³/mol. The molecule has 0 saturated carbocycles. The molecular formula is C13H24N6O. The van der Waals surface area contributed by atoms with Crippen LogP contribution in [0.3, 0.4) is 0 Å². The topological polar surface area (TPSA) is 77.4 Å². The van der Waals surface area contributed by atoms with Gasteiger partial charge in [0.1, 0.15) is 0 Å². The molecule has 0 bridgehead atoms. The third-order valence-corrected chi connectivity index (χ3v) is 3.47. The Kier molecular flexibility index (Phi) is 4.27. The maximum Gasteiger partial charge on any atom is 0.231 e. The summed E-state index contributed by atoms with van der Waals surface area (Å²) in [6.45, 7) is 6.18. The highest BCUT2D eigenvalue weighted by atomic mass is 16.3. The molecule has 0 aliphatic carbocycles. The molecule has 0 amide bonds. The number of hydrogen-bond donors (Lipinski definition) is 2. The summed E-state index contributed by atoms with van der Waals surface area (Å²) < 4.78 is 0. The van der Waals surface area contributed by atoms with Crippen LogP contribution in [0.5, 0.6) is 0 Å². The van der Waals surface area contributed by atoms with Crippen LogP contribution in [0.4, 0.5) is 17.8 Å². The molecule has 1 aliphatic rings. The maximum absolute atomic E-state index is 10.0. The summed E-state index contributed by atoms with van der Waals surface area (Å²) in [6, 6.07) is 0. The van der Waals surface area contributed by atoms with Crippen molar-refractivity contribution in [2.75, 3.05) is 48.8 Å². The minimum atomic E-state index is -0.571. The second kappa shape index (κ2) is 5.78. The Labute approximate surface area is 120 Å². The molecule has 1 aliphatic heterocycles. The first-order valence-electron chi connectivity index (χ1n) is 7.06. The number of aromatic nitrogens is 3. The number of piperidine rings is 1. The van der Waals surface area contributed by atoms with Crippen LogP contribution in [-0.4, -0.2) is 59.4 Å². The van der Waals surface area contributed by atoms with Crippen LogP contribution in [0, 0.1) is 0 Å². The lowest BCUT2D eigenvalue weighted by Gasteiger charge is -2.35. The fourth-order valence-electron chi connectivity index (χ4n) is 2.12. The van der Waals surface area contributed by atoms with E-state index in [0.717, 1.165) is 32.5 Å². The molecule has 2 rings (SSSR count). The highest BCUT2D eigenvalue weighted by Crippen LogP contribution is 2.25. The van der Waals surface area contributed by atoms with Crippen LogP contribution in [0.1, 0.15) is 26.7 Å². The van der Waals surface area contributed by atoms with E-state index in [2.05, 4.69) is 25.2 Å². The fraction of sp³-hybridized carbons (Fsp3) is 0.769. The van der Waals surface area contributed by atoms with Crippen molar-refractivity contribution in [1.82, 2.24) is 15.0 Å². The quantitative estimate of drug-likeness (QED) is 0.841. The molecule has 0 unspecified atom stereocenters. The third kappa shape index (κ3) is 3.47. The van der Waals surface area contributed by atoms with Crippen LogP contribution in [0.2, 0.25) is 0 Å². The van der Waals surface area contributed by atoms with Gasteiger partial charge in [-0.25, -0.2) is 0 Å². The smallest absolute Gasteiger partial charge is 0.231 e. The zero-order chi connectivity index (χ0) is 14.8. The molecule has 7 heteroatoms. The molecule has 20 heavy (non-hydrogen) atoms. The molecule has 1 saturated heterocycles. The molecule has 0 spiro atoms. The van der Waals surface area contributed by atoms with E-state index in [0.29, 0.717) is 17.8 Å². The van der Waals surface area contributed by atoms with Gasteiger partial charge in [0, 0.05) is 33.7 Å². The SMILES string of the molecule is CCNc1nc(N(C)C)nc(N2CCC(C)(O)CC2)n1. The van der Waals surface area contributed by atoms with Crippen molar-refractivity contribution in [1.29, 1.82) is 0 Å². The molecule has 7 nitrogen and oxygen atoms in total. The van der Waals surface area contributed by atoms with Crippen LogP contribution >= 0.6 is 0 Å². The Balaban J connectivity index is 2.22. The van der Waals surface area contributed by atoms with E-state index < -0.39 is 5.60 Å². The van der Waals surface area contributed by atoms with Gasteiger partial charge >= 0.3 is 0 Å². The highest BCUT2D eigenvalue weighted by molar-refractivity contribution is 5.44. The van der Waals surface area contributed by atoms with E-state index in [-0.39, 0.29) is 0 Å². The third-order valence-electron chi connectivity index (χ3n) is 3.47. The summed E-state index contributed by atoms with van der Waals surface area (Å²) in [4.78, 5) is 17.3. The van der Waals surface area contributed by atoms with Crippen LogP contribution in [0.15, 0.2) is 0 Å². The standard InChI is InChI=1S/C13H24N6O/c1-5-14-10-15-11(18(3)4)17-12(16-10)19-8-6-13(2,20)7-9-19/h20H,5-9H2,1-4H3,(H,14,15,16,17). The van der Waals surface area contributed by atoms with Crippen molar-refractivity contribution in [3.63, 3.8) is 0 Å². The summed E-state index contributed by atoms with van der Waals surface area (Å²) >= 11 is 0. The lowest BCUT2D eigenvalue weighted by molar-refractivity contribution is 0.0349. The van der Waals surface area contributed by atoms with Gasteiger partial charge in [-0.15, -0.1) is 0 Å². The number of nitrogens with one attached hydrogen (secondary N) is 1. The number of nitrogens with zero attached hydrogens (tertiary/aromatic N) is 5. The first-order chi connectivity index (χ1) is 9.41. The molecule has 0 atom stereocenters. The van der Waals surface area contributed by atoms with Crippen LogP contribution in [0.25, 0.3) is 0 Å². The summed E-state index contributed by atoms with van der Waals surface area (Å²) in [7, 11) is 3.83. The van der Waals surface area contributed by atoms with Crippen molar-refractivity contribution in [3.8, 4) is 0 Å². The van der Waals surface area contributed by atoms with Gasteiger partial charge in [-0.3, -0.25) is 0 Å². The first-order valence-corrected chi connectivity index (χ1v) is 7.06. The minimum Gasteiger partial charge on any atom is -0.390 e. The zero-order valence-corrected chi connectivity index (χ0v) is 12.7. The first kappa shape index (κ1) is 14.8. The molecular weight excluding hydrogens is 256 g/mol. The number of aliphatic hydroxyl groups is 1. The van der Waals surface area contributed by atoms with Crippen molar-refractivity contribution < 1.29 is 5.11 Å². The molecule has 2 N–H and O–H groups in total. The van der Waals surface area contributed by atoms with E-state index in [1.54, 1.807) is 0 Å². The number of rotatable bonds is 4. The van der Waals surface area contributed by atoms with Crippen LogP contribution in [-0.2, 0) is 0 Å². The summed E-state index contributed by atoms with van der Waals surface area (Å²) in [5, 5.41) is 13.2. The predicted octanol–water partition coefficient (Wildman–Crippen LogP) is 0.721. The van der Waals surface area contributed by atoms with E-state index in [1.807, 2.05) is 32.8 Å². The van der Waals surface area contributed by atoms with Crippen molar-refractivity contribution >= 4 is 17.8 Å². The number of anilines is 3. The van der Waals surface area contributed by atoms with Gasteiger partial charge in [0.05, 0.1) is 5.60 Å². The minimum absolute atomic E-state index is 0.571. The zero-order valence-electron chi connectivity index (χ0n) is 12.7. The van der Waals surface area contributed by atoms with Crippen molar-refractivity contribution in [2.45, 2.75) is 32.3 Å². The second-order valence-electron chi connectivity index (χ2n) is 5.67. The molecule has 112 valence electrons. The lowest BCUT2D eigenvalue weighted by atomic mass is 9.94. The molecule has 0 aromatic carbocycles. The van der Waals surface area contributed by atoms with Crippen molar-refractivity contribution in [3.05, 3.63) is 0 Å². The average Bonchev–Trinajstić information content (AvgIpc) is 2.38. The lowest BCUT2D eigenvalue weighted by Crippen LogP contribution is -2.43. The Morgan fingerprint density at radius 2 is 1.90 bits per heavy atom. The van der Waals surface area contributed by atoms with E-state index in [4.69, 9.17) is 0 Å². The normalized spacial score (nSPS) is 17.9. The largest absolute Gasteiger partial charge is 0.390 e. The fourth-order valence-corrected chi connectivity index (χ4v) is 2.12. The van der Waals surface area contributed by atoms with Gasteiger partial charge in [0.2, 0.25) is 17.8 Å².